The molecule has 136 valence electrons. The first kappa shape index (κ1) is 28.6. The maximum atomic E-state index is 11.4. The number of hydrogen-bond donors (Lipinski definition) is 0. The van der Waals surface area contributed by atoms with Gasteiger partial charge < -0.3 is 9.53 Å². The standard InChI is InChI=1S/C10H16O2.C5H8O.CH2I2.CH3I/c1-4-10(2,3)9(12)7-5-6-8-11;1-2-4-6-5-3-1;2-1-3;1-2/h4,8H,1,5-7H2,2-3H3;2,4H,1,3,5H2;1H2;1H3. The van der Waals surface area contributed by atoms with E-state index in [1.807, 2.05) is 24.9 Å². The number of hydrogen-bond acceptors (Lipinski definition) is 3. The Labute approximate surface area is 182 Å². The molecular weight excluding hydrogens is 633 g/mol. The zero-order chi connectivity index (χ0) is 18.6. The molecule has 0 bridgehead atoms. The highest BCUT2D eigenvalue weighted by atomic mass is 127. The van der Waals surface area contributed by atoms with Crippen LogP contribution in [0.15, 0.2) is 25.0 Å². The van der Waals surface area contributed by atoms with Gasteiger partial charge in [0.25, 0.3) is 0 Å². The summed E-state index contributed by atoms with van der Waals surface area (Å²) in [6, 6.07) is 0. The highest BCUT2D eigenvalue weighted by Gasteiger charge is 2.22. The van der Waals surface area contributed by atoms with Crippen molar-refractivity contribution in [3.63, 3.8) is 0 Å². The van der Waals surface area contributed by atoms with Crippen molar-refractivity contribution in [3.05, 3.63) is 25.0 Å². The zero-order valence-corrected chi connectivity index (χ0v) is 20.8. The van der Waals surface area contributed by atoms with Gasteiger partial charge in [-0.15, -0.1) is 6.58 Å². The molecule has 0 radical (unpaired) electrons. The summed E-state index contributed by atoms with van der Waals surface area (Å²) < 4.78 is 6.08. The summed E-state index contributed by atoms with van der Waals surface area (Å²) in [5, 5.41) is 0. The number of aldehydes is 1. The lowest BCUT2D eigenvalue weighted by Crippen LogP contribution is -2.20. The van der Waals surface area contributed by atoms with Crippen LogP contribution < -0.4 is 0 Å². The van der Waals surface area contributed by atoms with Crippen molar-refractivity contribution < 1.29 is 14.3 Å². The van der Waals surface area contributed by atoms with Crippen molar-refractivity contribution in [2.75, 3.05) is 14.0 Å². The Hall–Kier alpha value is 0.810. The van der Waals surface area contributed by atoms with Crippen LogP contribution in [0.4, 0.5) is 0 Å². The fourth-order valence-electron chi connectivity index (χ4n) is 1.27. The molecule has 1 aliphatic rings. The van der Waals surface area contributed by atoms with Crippen molar-refractivity contribution in [2.24, 2.45) is 5.41 Å². The van der Waals surface area contributed by atoms with Crippen LogP contribution in [0, 0.1) is 5.41 Å². The number of halogens is 3. The van der Waals surface area contributed by atoms with Gasteiger partial charge in [0.1, 0.15) is 12.1 Å². The number of carbonyl (C=O) groups is 2. The van der Waals surface area contributed by atoms with Crippen LogP contribution in [0.1, 0.15) is 46.0 Å². The van der Waals surface area contributed by atoms with Gasteiger partial charge in [-0.1, -0.05) is 73.8 Å². The van der Waals surface area contributed by atoms with E-state index in [2.05, 4.69) is 74.4 Å². The quantitative estimate of drug-likeness (QED) is 0.110. The lowest BCUT2D eigenvalue weighted by atomic mass is 9.86. The Balaban J connectivity index is -0.000000300. The second kappa shape index (κ2) is 22.8. The largest absolute Gasteiger partial charge is 0.502 e. The Morgan fingerprint density at radius 1 is 1.35 bits per heavy atom. The minimum absolute atomic E-state index is 0.152. The summed E-state index contributed by atoms with van der Waals surface area (Å²) in [5.41, 5.74) is -0.442. The molecule has 1 rings (SSSR count). The summed E-state index contributed by atoms with van der Waals surface area (Å²) in [6.45, 7) is 8.18. The number of unbranched alkanes of at least 4 members (excludes halogenated alkanes) is 1. The fourth-order valence-corrected chi connectivity index (χ4v) is 1.27. The van der Waals surface area contributed by atoms with Gasteiger partial charge in [-0.3, -0.25) is 4.79 Å². The SMILES string of the molecule is C1=COCCC1.C=CC(C)(C)C(=O)CCCC=O.CI.ICI. The smallest absolute Gasteiger partial charge is 0.142 e. The van der Waals surface area contributed by atoms with Gasteiger partial charge in [0.15, 0.2) is 0 Å². The van der Waals surface area contributed by atoms with Crippen LogP contribution in [-0.2, 0) is 14.3 Å². The van der Waals surface area contributed by atoms with Gasteiger partial charge in [0, 0.05) is 18.3 Å². The highest BCUT2D eigenvalue weighted by Crippen LogP contribution is 2.20. The number of allylic oxidation sites excluding steroid dienone is 2. The third kappa shape index (κ3) is 22.8. The zero-order valence-electron chi connectivity index (χ0n) is 14.3. The minimum Gasteiger partial charge on any atom is -0.502 e. The predicted molar refractivity (Wildman–Crippen MR) is 126 cm³/mol. The van der Waals surface area contributed by atoms with Gasteiger partial charge >= 0.3 is 0 Å². The number of alkyl halides is 3. The van der Waals surface area contributed by atoms with Gasteiger partial charge in [0.05, 0.1) is 15.3 Å². The van der Waals surface area contributed by atoms with E-state index >= 15 is 0 Å². The first-order chi connectivity index (χ1) is 11.0. The maximum Gasteiger partial charge on any atom is 0.142 e. The number of ketones is 1. The molecule has 1 heterocycles. The van der Waals surface area contributed by atoms with E-state index in [9.17, 15) is 9.59 Å². The summed E-state index contributed by atoms with van der Waals surface area (Å²) in [7, 11) is 0. The van der Waals surface area contributed by atoms with Crippen molar-refractivity contribution in [3.8, 4) is 0 Å². The molecule has 0 atom stereocenters. The Kier molecular flexibility index (Phi) is 28.4. The van der Waals surface area contributed by atoms with Crippen molar-refractivity contribution in [2.45, 2.75) is 46.0 Å². The van der Waals surface area contributed by atoms with Crippen LogP contribution in [0.2, 0.25) is 0 Å². The van der Waals surface area contributed by atoms with E-state index in [1.165, 1.54) is 15.3 Å². The van der Waals surface area contributed by atoms with E-state index < -0.39 is 5.41 Å². The lowest BCUT2D eigenvalue weighted by Gasteiger charge is -2.17. The summed E-state index contributed by atoms with van der Waals surface area (Å²) in [4.78, 5) is 23.3. The third-order valence-corrected chi connectivity index (χ3v) is 2.78. The molecule has 0 aromatic rings. The molecule has 0 unspecified atom stereocenters. The maximum absolute atomic E-state index is 11.4. The molecule has 23 heavy (non-hydrogen) atoms. The van der Waals surface area contributed by atoms with Gasteiger partial charge in [-0.2, -0.15) is 0 Å². The second-order valence-electron chi connectivity index (χ2n) is 4.89. The molecule has 0 aliphatic carbocycles. The molecule has 3 nitrogen and oxygen atoms in total. The molecule has 0 amide bonds. The van der Waals surface area contributed by atoms with Gasteiger partial charge in [-0.05, 0) is 44.1 Å². The second-order valence-corrected chi connectivity index (χ2v) is 9.34. The molecule has 0 aromatic carbocycles. The monoisotopic (exact) mass is 662 g/mol. The van der Waals surface area contributed by atoms with Crippen molar-refractivity contribution in [1.29, 1.82) is 0 Å². The first-order valence-electron chi connectivity index (χ1n) is 7.33. The predicted octanol–water partition coefficient (Wildman–Crippen LogP) is 6.31. The van der Waals surface area contributed by atoms with Crippen molar-refractivity contribution >= 4 is 79.8 Å². The lowest BCUT2D eigenvalue weighted by molar-refractivity contribution is -0.125. The Bertz CT molecular complexity index is 308. The number of carbonyl (C=O) groups excluding carboxylic acids is 2. The molecule has 0 aromatic heterocycles. The minimum atomic E-state index is -0.442. The molecule has 1 aliphatic heterocycles. The van der Waals surface area contributed by atoms with Crippen LogP contribution in [-0.4, -0.2) is 26.0 Å². The third-order valence-electron chi connectivity index (χ3n) is 2.78. The van der Waals surface area contributed by atoms with Gasteiger partial charge in [-0.25, -0.2) is 0 Å². The molecule has 0 fully saturated rings. The topological polar surface area (TPSA) is 43.4 Å². The normalized spacial score (nSPS) is 11.9. The van der Waals surface area contributed by atoms with E-state index in [4.69, 9.17) is 4.74 Å². The average molecular weight is 662 g/mol. The average Bonchev–Trinajstić information content (AvgIpc) is 2.59. The van der Waals surface area contributed by atoms with E-state index in [1.54, 1.807) is 12.3 Å². The van der Waals surface area contributed by atoms with Crippen LogP contribution in [0.3, 0.4) is 0 Å². The number of Topliss-reactive ketones (excluding diaryl/α,β-unsaturated/α-hetero) is 1. The Morgan fingerprint density at radius 2 is 1.91 bits per heavy atom. The molecule has 0 spiro atoms. The Morgan fingerprint density at radius 3 is 2.17 bits per heavy atom. The molecule has 0 N–H and O–H groups in total. The molecule has 0 saturated carbocycles. The molecular formula is C17H29I3O3. The summed E-state index contributed by atoms with van der Waals surface area (Å²) in [5.74, 6) is 0.152. The molecule has 6 heteroatoms. The molecule has 0 saturated heterocycles. The highest BCUT2D eigenvalue weighted by molar-refractivity contribution is 14.2. The van der Waals surface area contributed by atoms with E-state index in [0.717, 1.165) is 12.9 Å². The van der Waals surface area contributed by atoms with Gasteiger partial charge in [0.2, 0.25) is 0 Å². The van der Waals surface area contributed by atoms with Crippen molar-refractivity contribution in [1.82, 2.24) is 0 Å². The first-order valence-corrected chi connectivity index (χ1v) is 12.5. The van der Waals surface area contributed by atoms with Crippen LogP contribution >= 0.6 is 67.8 Å². The summed E-state index contributed by atoms with van der Waals surface area (Å²) in [6.07, 6.45) is 10.3. The summed E-state index contributed by atoms with van der Waals surface area (Å²) >= 11 is 6.70. The van der Waals surface area contributed by atoms with Crippen LogP contribution in [0.25, 0.3) is 0 Å². The van der Waals surface area contributed by atoms with Crippen LogP contribution in [0.5, 0.6) is 0 Å². The fraction of sp³-hybridized carbons (Fsp3) is 0.647. The number of ether oxygens (including phenoxy) is 1. The van der Waals surface area contributed by atoms with E-state index in [0.29, 0.717) is 19.3 Å². The van der Waals surface area contributed by atoms with E-state index in [-0.39, 0.29) is 5.78 Å². The number of rotatable bonds is 6.